The second-order valence-electron chi connectivity index (χ2n) is 5.04. The van der Waals surface area contributed by atoms with E-state index < -0.39 is 0 Å². The van der Waals surface area contributed by atoms with Crippen molar-refractivity contribution in [2.75, 3.05) is 0 Å². The maximum atomic E-state index is 6.01. The number of hydrogen-bond acceptors (Lipinski definition) is 3. The largest absolute Gasteiger partial charge is 0.468 e. The van der Waals surface area contributed by atoms with Crippen molar-refractivity contribution < 1.29 is 4.42 Å². The molecule has 0 saturated heterocycles. The Labute approximate surface area is 96.6 Å². The van der Waals surface area contributed by atoms with E-state index in [2.05, 4.69) is 27.7 Å². The van der Waals surface area contributed by atoms with Crippen molar-refractivity contribution in [2.24, 2.45) is 11.1 Å². The van der Waals surface area contributed by atoms with Crippen LogP contribution in [0.2, 0.25) is 0 Å². The lowest BCUT2D eigenvalue weighted by atomic mass is 9.88. The second kappa shape index (κ2) is 5.08. The molecule has 3 heteroatoms. The van der Waals surface area contributed by atoms with Crippen molar-refractivity contribution >= 4 is 11.8 Å². The zero-order chi connectivity index (χ0) is 11.5. The van der Waals surface area contributed by atoms with Crippen LogP contribution >= 0.6 is 11.8 Å². The van der Waals surface area contributed by atoms with Gasteiger partial charge in [-0.05, 0) is 24.5 Å². The van der Waals surface area contributed by atoms with Crippen LogP contribution in [0.1, 0.15) is 33.5 Å². The highest BCUT2D eigenvalue weighted by molar-refractivity contribution is 7.99. The van der Waals surface area contributed by atoms with Crippen LogP contribution in [0.25, 0.3) is 0 Å². The average molecular weight is 227 g/mol. The zero-order valence-electron chi connectivity index (χ0n) is 9.99. The Hall–Kier alpha value is -0.410. The third-order valence-electron chi connectivity index (χ3n) is 2.32. The molecule has 0 aliphatic rings. The van der Waals surface area contributed by atoms with Crippen LogP contribution in [0, 0.1) is 5.41 Å². The summed E-state index contributed by atoms with van der Waals surface area (Å²) in [6.45, 7) is 8.77. The van der Waals surface area contributed by atoms with Gasteiger partial charge in [-0.25, -0.2) is 0 Å². The molecule has 0 fully saturated rings. The highest BCUT2D eigenvalue weighted by Crippen LogP contribution is 2.34. The van der Waals surface area contributed by atoms with Crippen molar-refractivity contribution in [2.45, 2.75) is 44.7 Å². The summed E-state index contributed by atoms with van der Waals surface area (Å²) in [5.74, 6) is 1.92. The molecule has 15 heavy (non-hydrogen) atoms. The molecule has 0 radical (unpaired) electrons. The van der Waals surface area contributed by atoms with E-state index in [1.165, 1.54) is 0 Å². The fraction of sp³-hybridized carbons (Fsp3) is 0.667. The molecule has 0 bridgehead atoms. The summed E-state index contributed by atoms with van der Waals surface area (Å²) in [5, 5.41) is 0.447. The van der Waals surface area contributed by atoms with Gasteiger partial charge in [-0.15, -0.1) is 11.8 Å². The predicted octanol–water partition coefficient (Wildman–Crippen LogP) is 3.27. The van der Waals surface area contributed by atoms with E-state index in [-0.39, 0.29) is 11.5 Å². The van der Waals surface area contributed by atoms with Gasteiger partial charge in [0.15, 0.2) is 0 Å². The maximum Gasteiger partial charge on any atom is 0.113 e. The normalized spacial score (nSPS) is 16.3. The van der Waals surface area contributed by atoms with E-state index in [1.54, 1.807) is 6.26 Å². The number of thioether (sulfide) groups is 1. The van der Waals surface area contributed by atoms with Gasteiger partial charge >= 0.3 is 0 Å². The molecule has 2 N–H and O–H groups in total. The van der Waals surface area contributed by atoms with Gasteiger partial charge < -0.3 is 10.2 Å². The van der Waals surface area contributed by atoms with Gasteiger partial charge in [0, 0.05) is 11.3 Å². The Bertz CT molecular complexity index is 274. The highest BCUT2D eigenvalue weighted by Gasteiger charge is 2.28. The fourth-order valence-electron chi connectivity index (χ4n) is 1.76. The van der Waals surface area contributed by atoms with E-state index >= 15 is 0 Å². The molecule has 1 rings (SSSR count). The third kappa shape index (κ3) is 3.92. The van der Waals surface area contributed by atoms with E-state index in [9.17, 15) is 0 Å². The Kier molecular flexibility index (Phi) is 4.29. The van der Waals surface area contributed by atoms with Gasteiger partial charge in [0.2, 0.25) is 0 Å². The van der Waals surface area contributed by atoms with Crippen molar-refractivity contribution in [3.05, 3.63) is 24.2 Å². The van der Waals surface area contributed by atoms with Crippen LogP contribution in [0.5, 0.6) is 0 Å². The lowest BCUT2D eigenvalue weighted by molar-refractivity contribution is 0.363. The van der Waals surface area contributed by atoms with Crippen LogP contribution in [0.4, 0.5) is 0 Å². The van der Waals surface area contributed by atoms with Crippen LogP contribution in [-0.2, 0) is 5.75 Å². The molecular weight excluding hydrogens is 206 g/mol. The molecule has 0 amide bonds. The standard InChI is InChI=1S/C12H21NOS/c1-9(13)11(12(2,3)4)15-8-10-6-5-7-14-10/h5-7,9,11H,8,13H2,1-4H3. The lowest BCUT2D eigenvalue weighted by Gasteiger charge is -2.33. The molecular formula is C12H21NOS. The van der Waals surface area contributed by atoms with Crippen LogP contribution in [-0.4, -0.2) is 11.3 Å². The monoisotopic (exact) mass is 227 g/mol. The SMILES string of the molecule is CC(N)C(SCc1ccco1)C(C)(C)C. The smallest absolute Gasteiger partial charge is 0.113 e. The first-order valence-corrected chi connectivity index (χ1v) is 6.35. The predicted molar refractivity (Wildman–Crippen MR) is 66.9 cm³/mol. The number of nitrogens with two attached hydrogens (primary N) is 1. The Morgan fingerprint density at radius 3 is 2.53 bits per heavy atom. The quantitative estimate of drug-likeness (QED) is 0.858. The summed E-state index contributed by atoms with van der Waals surface area (Å²) in [7, 11) is 0. The summed E-state index contributed by atoms with van der Waals surface area (Å²) in [4.78, 5) is 0. The number of rotatable bonds is 4. The lowest BCUT2D eigenvalue weighted by Crippen LogP contribution is -2.39. The first kappa shape index (κ1) is 12.7. The highest BCUT2D eigenvalue weighted by atomic mass is 32.2. The van der Waals surface area contributed by atoms with Gasteiger partial charge in [0.1, 0.15) is 5.76 Å². The van der Waals surface area contributed by atoms with Gasteiger partial charge in [-0.1, -0.05) is 20.8 Å². The molecule has 0 aromatic carbocycles. The summed E-state index contributed by atoms with van der Waals surface area (Å²) >= 11 is 1.88. The first-order valence-electron chi connectivity index (χ1n) is 5.31. The van der Waals surface area contributed by atoms with Crippen molar-refractivity contribution in [1.29, 1.82) is 0 Å². The molecule has 2 nitrogen and oxygen atoms in total. The van der Waals surface area contributed by atoms with E-state index in [4.69, 9.17) is 10.2 Å². The maximum absolute atomic E-state index is 6.01. The summed E-state index contributed by atoms with van der Waals surface area (Å²) in [5.41, 5.74) is 6.24. The molecule has 0 aliphatic carbocycles. The summed E-state index contributed by atoms with van der Waals surface area (Å²) in [6, 6.07) is 4.13. The number of hydrogen-bond donors (Lipinski definition) is 1. The molecule has 0 aliphatic heterocycles. The topological polar surface area (TPSA) is 39.2 Å². The van der Waals surface area contributed by atoms with Gasteiger partial charge in [0.05, 0.1) is 12.0 Å². The summed E-state index contributed by atoms with van der Waals surface area (Å²) in [6.07, 6.45) is 1.72. The van der Waals surface area contributed by atoms with Crippen LogP contribution in [0.15, 0.2) is 22.8 Å². The second-order valence-corrected chi connectivity index (χ2v) is 6.17. The van der Waals surface area contributed by atoms with Crippen molar-refractivity contribution in [1.82, 2.24) is 0 Å². The minimum atomic E-state index is 0.199. The average Bonchev–Trinajstić information content (AvgIpc) is 2.53. The van der Waals surface area contributed by atoms with Crippen LogP contribution < -0.4 is 5.73 Å². The Morgan fingerprint density at radius 2 is 2.13 bits per heavy atom. The molecule has 2 atom stereocenters. The third-order valence-corrected chi connectivity index (χ3v) is 4.26. The summed E-state index contributed by atoms with van der Waals surface area (Å²) < 4.78 is 5.31. The molecule has 86 valence electrons. The Balaban J connectivity index is 2.53. The molecule has 1 aromatic rings. The molecule has 2 unspecified atom stereocenters. The van der Waals surface area contributed by atoms with Gasteiger partial charge in [-0.2, -0.15) is 0 Å². The van der Waals surface area contributed by atoms with Crippen molar-refractivity contribution in [3.63, 3.8) is 0 Å². The van der Waals surface area contributed by atoms with E-state index in [0.29, 0.717) is 5.25 Å². The minimum absolute atomic E-state index is 0.199. The number of furan rings is 1. The van der Waals surface area contributed by atoms with E-state index in [0.717, 1.165) is 11.5 Å². The van der Waals surface area contributed by atoms with Crippen LogP contribution in [0.3, 0.4) is 0 Å². The minimum Gasteiger partial charge on any atom is -0.468 e. The molecule has 0 saturated carbocycles. The Morgan fingerprint density at radius 1 is 1.47 bits per heavy atom. The first-order chi connectivity index (χ1) is 6.91. The molecule has 1 aromatic heterocycles. The molecule has 0 spiro atoms. The zero-order valence-corrected chi connectivity index (χ0v) is 10.8. The fourth-order valence-corrected chi connectivity index (χ4v) is 3.07. The van der Waals surface area contributed by atoms with Crippen molar-refractivity contribution in [3.8, 4) is 0 Å². The van der Waals surface area contributed by atoms with Gasteiger partial charge in [-0.3, -0.25) is 0 Å². The van der Waals surface area contributed by atoms with Gasteiger partial charge in [0.25, 0.3) is 0 Å². The molecule has 1 heterocycles. The van der Waals surface area contributed by atoms with E-state index in [1.807, 2.05) is 23.9 Å².